The van der Waals surface area contributed by atoms with Crippen LogP contribution in [0.3, 0.4) is 0 Å². The molecule has 0 aliphatic rings. The summed E-state index contributed by atoms with van der Waals surface area (Å²) in [5.41, 5.74) is 1.76. The molecule has 2 rings (SSSR count). The van der Waals surface area contributed by atoms with Gasteiger partial charge in [0.2, 0.25) is 0 Å². The zero-order valence-electron chi connectivity index (χ0n) is 9.90. The normalized spacial score (nSPS) is 10.4. The van der Waals surface area contributed by atoms with Gasteiger partial charge in [0.15, 0.2) is 0 Å². The molecular formula is C12H13ClN2O2. The van der Waals surface area contributed by atoms with E-state index in [-0.39, 0.29) is 0 Å². The highest BCUT2D eigenvalue weighted by Gasteiger charge is 2.16. The second-order valence-corrected chi connectivity index (χ2v) is 4.01. The second kappa shape index (κ2) is 4.67. The molecule has 1 heterocycles. The predicted molar refractivity (Wildman–Crippen MR) is 66.8 cm³/mol. The summed E-state index contributed by atoms with van der Waals surface area (Å²) in [5.74, 6) is 1.33. The summed E-state index contributed by atoms with van der Waals surface area (Å²) in [6.45, 7) is 0. The van der Waals surface area contributed by atoms with Crippen molar-refractivity contribution < 1.29 is 9.47 Å². The van der Waals surface area contributed by atoms with Crippen LogP contribution >= 0.6 is 11.6 Å². The number of rotatable bonds is 3. The topological polar surface area (TPSA) is 36.3 Å². The first-order valence-corrected chi connectivity index (χ1v) is 5.43. The largest absolute Gasteiger partial charge is 0.496 e. The predicted octanol–water partition coefficient (Wildman–Crippen LogP) is 2.76. The van der Waals surface area contributed by atoms with Crippen molar-refractivity contribution >= 4 is 11.6 Å². The number of aromatic nitrogens is 2. The summed E-state index contributed by atoms with van der Waals surface area (Å²) in [6.07, 6.45) is 3.48. The lowest BCUT2D eigenvalue weighted by Gasteiger charge is -2.13. The molecule has 0 amide bonds. The molecule has 1 aromatic carbocycles. The van der Waals surface area contributed by atoms with Gasteiger partial charge in [-0.25, -0.2) is 4.98 Å². The fraction of sp³-hybridized carbons (Fsp3) is 0.250. The van der Waals surface area contributed by atoms with Crippen molar-refractivity contribution in [3.63, 3.8) is 0 Å². The van der Waals surface area contributed by atoms with Gasteiger partial charge in [0, 0.05) is 12.1 Å². The number of halogens is 1. The van der Waals surface area contributed by atoms with Gasteiger partial charge in [0.25, 0.3) is 0 Å². The molecule has 2 aromatic rings. The van der Waals surface area contributed by atoms with Crippen LogP contribution in [0, 0.1) is 0 Å². The minimum atomic E-state index is 0.574. The van der Waals surface area contributed by atoms with Crippen LogP contribution in [-0.4, -0.2) is 23.8 Å². The Morgan fingerprint density at radius 1 is 1.18 bits per heavy atom. The highest BCUT2D eigenvalue weighted by Crippen LogP contribution is 2.40. The Morgan fingerprint density at radius 3 is 2.18 bits per heavy atom. The van der Waals surface area contributed by atoms with Crippen molar-refractivity contribution in [2.45, 2.75) is 0 Å². The standard InChI is InChI=1S/C12H13ClN2O2/c1-15-7-14-6-9(15)12-10(16-2)4-8(13)5-11(12)17-3/h4-7H,1-3H3. The third kappa shape index (κ3) is 2.08. The first-order valence-electron chi connectivity index (χ1n) is 5.05. The Kier molecular flexibility index (Phi) is 3.24. The van der Waals surface area contributed by atoms with Gasteiger partial charge < -0.3 is 14.0 Å². The summed E-state index contributed by atoms with van der Waals surface area (Å²) >= 11 is 6.00. The van der Waals surface area contributed by atoms with E-state index in [0.29, 0.717) is 16.5 Å². The van der Waals surface area contributed by atoms with Crippen LogP contribution in [-0.2, 0) is 7.05 Å². The second-order valence-electron chi connectivity index (χ2n) is 3.58. The van der Waals surface area contributed by atoms with Gasteiger partial charge in [-0.2, -0.15) is 0 Å². The zero-order chi connectivity index (χ0) is 12.4. The lowest BCUT2D eigenvalue weighted by Crippen LogP contribution is -1.97. The minimum Gasteiger partial charge on any atom is -0.496 e. The molecule has 0 atom stereocenters. The lowest BCUT2D eigenvalue weighted by molar-refractivity contribution is 0.397. The average molecular weight is 253 g/mol. The van der Waals surface area contributed by atoms with Gasteiger partial charge in [0.1, 0.15) is 11.5 Å². The highest BCUT2D eigenvalue weighted by atomic mass is 35.5. The summed E-state index contributed by atoms with van der Waals surface area (Å²) in [5, 5.41) is 0.574. The van der Waals surface area contributed by atoms with Crippen LogP contribution in [0.15, 0.2) is 24.7 Å². The molecule has 5 heteroatoms. The van der Waals surface area contributed by atoms with Crippen LogP contribution in [0.5, 0.6) is 11.5 Å². The maximum Gasteiger partial charge on any atom is 0.133 e. The number of ether oxygens (including phenoxy) is 2. The van der Waals surface area contributed by atoms with Crippen LogP contribution in [0.1, 0.15) is 0 Å². The third-order valence-electron chi connectivity index (χ3n) is 2.54. The highest BCUT2D eigenvalue weighted by molar-refractivity contribution is 6.31. The summed E-state index contributed by atoms with van der Waals surface area (Å²) in [7, 11) is 5.12. The molecule has 90 valence electrons. The van der Waals surface area contributed by atoms with E-state index in [1.165, 1.54) is 0 Å². The van der Waals surface area contributed by atoms with Crippen molar-refractivity contribution in [2.75, 3.05) is 14.2 Å². The average Bonchev–Trinajstić information content (AvgIpc) is 2.74. The molecule has 4 nitrogen and oxygen atoms in total. The Bertz CT molecular complexity index is 512. The number of methoxy groups -OCH3 is 2. The molecular weight excluding hydrogens is 240 g/mol. The molecule has 0 aliphatic carbocycles. The van der Waals surface area contributed by atoms with E-state index < -0.39 is 0 Å². The van der Waals surface area contributed by atoms with Gasteiger partial charge in [0.05, 0.1) is 38.0 Å². The first kappa shape index (κ1) is 11.8. The molecule has 0 saturated heterocycles. The van der Waals surface area contributed by atoms with Crippen LogP contribution in [0.25, 0.3) is 11.3 Å². The molecule has 0 bridgehead atoms. The van der Waals surface area contributed by atoms with Gasteiger partial charge in [-0.1, -0.05) is 11.6 Å². The van der Waals surface area contributed by atoms with E-state index in [4.69, 9.17) is 21.1 Å². The van der Waals surface area contributed by atoms with Crippen LogP contribution in [0.4, 0.5) is 0 Å². The number of benzene rings is 1. The van der Waals surface area contributed by atoms with E-state index >= 15 is 0 Å². The van der Waals surface area contributed by atoms with Crippen LogP contribution < -0.4 is 9.47 Å². The smallest absolute Gasteiger partial charge is 0.133 e. The minimum absolute atomic E-state index is 0.574. The van der Waals surface area contributed by atoms with Gasteiger partial charge >= 0.3 is 0 Å². The Morgan fingerprint density at radius 2 is 1.76 bits per heavy atom. The van der Waals surface area contributed by atoms with E-state index in [9.17, 15) is 0 Å². The Hall–Kier alpha value is -1.68. The summed E-state index contributed by atoms with van der Waals surface area (Å²) in [4.78, 5) is 4.09. The van der Waals surface area contributed by atoms with E-state index in [2.05, 4.69) is 4.98 Å². The first-order chi connectivity index (χ1) is 8.17. The molecule has 0 fully saturated rings. The van der Waals surface area contributed by atoms with Gasteiger partial charge in [-0.05, 0) is 12.1 Å². The fourth-order valence-corrected chi connectivity index (χ4v) is 1.93. The number of hydrogen-bond acceptors (Lipinski definition) is 3. The molecule has 0 radical (unpaired) electrons. The summed E-state index contributed by atoms with van der Waals surface area (Å²) < 4.78 is 12.6. The number of imidazole rings is 1. The molecule has 0 saturated carbocycles. The molecule has 0 spiro atoms. The van der Waals surface area contributed by atoms with Gasteiger partial charge in [-0.3, -0.25) is 0 Å². The SMILES string of the molecule is COc1cc(Cl)cc(OC)c1-c1cncn1C. The van der Waals surface area contributed by atoms with Crippen molar-refractivity contribution in [3.8, 4) is 22.8 Å². The maximum absolute atomic E-state index is 6.00. The van der Waals surface area contributed by atoms with Crippen molar-refractivity contribution in [1.82, 2.24) is 9.55 Å². The van der Waals surface area contributed by atoms with E-state index in [1.54, 1.807) is 38.9 Å². The Labute approximate surface area is 105 Å². The molecule has 0 aliphatic heterocycles. The van der Waals surface area contributed by atoms with Crippen LogP contribution in [0.2, 0.25) is 5.02 Å². The maximum atomic E-state index is 6.00. The zero-order valence-corrected chi connectivity index (χ0v) is 10.7. The third-order valence-corrected chi connectivity index (χ3v) is 2.76. The van der Waals surface area contributed by atoms with Crippen molar-refractivity contribution in [2.24, 2.45) is 7.05 Å². The van der Waals surface area contributed by atoms with Gasteiger partial charge in [-0.15, -0.1) is 0 Å². The molecule has 0 unspecified atom stereocenters. The summed E-state index contributed by atoms with van der Waals surface area (Å²) in [6, 6.07) is 3.51. The lowest BCUT2D eigenvalue weighted by atomic mass is 10.1. The quantitative estimate of drug-likeness (QED) is 0.843. The number of nitrogens with zero attached hydrogens (tertiary/aromatic N) is 2. The molecule has 17 heavy (non-hydrogen) atoms. The number of hydrogen-bond donors (Lipinski definition) is 0. The Balaban J connectivity index is 2.70. The molecule has 1 aromatic heterocycles. The fourth-order valence-electron chi connectivity index (χ4n) is 1.73. The van der Waals surface area contributed by atoms with E-state index in [1.807, 2.05) is 11.6 Å². The van der Waals surface area contributed by atoms with Crippen molar-refractivity contribution in [3.05, 3.63) is 29.7 Å². The van der Waals surface area contributed by atoms with Crippen molar-refractivity contribution in [1.29, 1.82) is 0 Å². The monoisotopic (exact) mass is 252 g/mol. The van der Waals surface area contributed by atoms with E-state index in [0.717, 1.165) is 11.3 Å². The molecule has 0 N–H and O–H groups in total. The number of aryl methyl sites for hydroxylation is 1.